The summed E-state index contributed by atoms with van der Waals surface area (Å²) in [5.41, 5.74) is 3.92. The number of hydrogen-bond acceptors (Lipinski definition) is 3. The van der Waals surface area contributed by atoms with Crippen molar-refractivity contribution in [2.45, 2.75) is 26.8 Å². The third-order valence-corrected chi connectivity index (χ3v) is 2.32. The van der Waals surface area contributed by atoms with Gasteiger partial charge in [0.15, 0.2) is 6.04 Å². The van der Waals surface area contributed by atoms with E-state index < -0.39 is 6.04 Å². The zero-order chi connectivity index (χ0) is 11.4. The summed E-state index contributed by atoms with van der Waals surface area (Å²) < 4.78 is 0. The lowest BCUT2D eigenvalue weighted by Crippen LogP contribution is -1.99. The molecular formula is C12H12N2O. The third kappa shape index (κ3) is 2.31. The highest BCUT2D eigenvalue weighted by molar-refractivity contribution is 5.45. The molecule has 0 spiro atoms. The molecule has 1 aromatic rings. The summed E-state index contributed by atoms with van der Waals surface area (Å²) in [6.07, 6.45) is 1.44. The minimum absolute atomic E-state index is 0.733. The highest BCUT2D eigenvalue weighted by Gasteiger charge is 2.14. The molecule has 76 valence electrons. The molecule has 0 saturated heterocycles. The molecule has 1 atom stereocenters. The number of nitrogens with zero attached hydrogens (tertiary/aromatic N) is 2. The highest BCUT2D eigenvalue weighted by Crippen LogP contribution is 2.25. The molecule has 1 rings (SSSR count). The summed E-state index contributed by atoms with van der Waals surface area (Å²) in [5.74, 6) is 0. The lowest BCUT2D eigenvalue weighted by Gasteiger charge is -2.11. The molecule has 3 nitrogen and oxygen atoms in total. The van der Waals surface area contributed by atoms with E-state index in [-0.39, 0.29) is 0 Å². The quantitative estimate of drug-likeness (QED) is 0.544. The first-order chi connectivity index (χ1) is 7.10. The predicted molar refractivity (Wildman–Crippen MR) is 57.1 cm³/mol. The van der Waals surface area contributed by atoms with Crippen molar-refractivity contribution in [3.63, 3.8) is 0 Å². The molecule has 1 unspecified atom stereocenters. The summed E-state index contributed by atoms with van der Waals surface area (Å²) in [6.45, 7) is 5.83. The van der Waals surface area contributed by atoms with Crippen LogP contribution in [0.1, 0.15) is 28.3 Å². The Hall–Kier alpha value is -1.91. The summed E-state index contributed by atoms with van der Waals surface area (Å²) in [6, 6.07) is 5.22. The second-order valence-electron chi connectivity index (χ2n) is 3.56. The van der Waals surface area contributed by atoms with E-state index >= 15 is 0 Å². The number of nitriles is 1. The molecule has 0 aliphatic heterocycles. The summed E-state index contributed by atoms with van der Waals surface area (Å²) in [5, 5.41) is 8.91. The molecule has 0 saturated carbocycles. The standard InChI is InChI=1S/C12H12N2O/c1-8-4-9(2)12(10(3)5-8)11(6-13)14-7-15/h4-5,11H,1-3H3. The maximum Gasteiger partial charge on any atom is 0.236 e. The number of aliphatic imine (C=N–C) groups is 1. The second kappa shape index (κ2) is 4.54. The molecule has 3 heteroatoms. The van der Waals surface area contributed by atoms with Crippen LogP contribution in [0.2, 0.25) is 0 Å². The van der Waals surface area contributed by atoms with E-state index in [2.05, 4.69) is 4.99 Å². The average molecular weight is 200 g/mol. The number of isocyanates is 1. The maximum absolute atomic E-state index is 10.2. The van der Waals surface area contributed by atoms with Gasteiger partial charge < -0.3 is 0 Å². The smallest absolute Gasteiger partial charge is 0.211 e. The molecule has 0 aromatic heterocycles. The summed E-state index contributed by atoms with van der Waals surface area (Å²) in [4.78, 5) is 13.7. The van der Waals surface area contributed by atoms with Crippen LogP contribution in [0, 0.1) is 32.1 Å². The Morgan fingerprint density at radius 1 is 1.27 bits per heavy atom. The molecule has 0 bridgehead atoms. The topological polar surface area (TPSA) is 53.2 Å². The molecule has 0 aliphatic carbocycles. The van der Waals surface area contributed by atoms with E-state index in [1.807, 2.05) is 39.0 Å². The fourth-order valence-corrected chi connectivity index (χ4v) is 1.83. The van der Waals surface area contributed by atoms with Crippen LogP contribution < -0.4 is 0 Å². The van der Waals surface area contributed by atoms with E-state index in [9.17, 15) is 4.79 Å². The Bertz CT molecular complexity index is 442. The molecular weight excluding hydrogens is 188 g/mol. The normalized spacial score (nSPS) is 11.3. The molecule has 0 N–H and O–H groups in total. The van der Waals surface area contributed by atoms with Crippen LogP contribution in [0.3, 0.4) is 0 Å². The summed E-state index contributed by atoms with van der Waals surface area (Å²) >= 11 is 0. The SMILES string of the molecule is Cc1cc(C)c(C(C#N)N=C=O)c(C)c1. The zero-order valence-electron chi connectivity index (χ0n) is 9.03. The van der Waals surface area contributed by atoms with Gasteiger partial charge in [-0.25, -0.2) is 4.79 Å². The van der Waals surface area contributed by atoms with Gasteiger partial charge in [-0.15, -0.1) is 0 Å². The van der Waals surface area contributed by atoms with Crippen LogP contribution in [-0.2, 0) is 4.79 Å². The van der Waals surface area contributed by atoms with Gasteiger partial charge in [0.25, 0.3) is 0 Å². The van der Waals surface area contributed by atoms with Gasteiger partial charge in [-0.1, -0.05) is 17.7 Å². The second-order valence-corrected chi connectivity index (χ2v) is 3.56. The largest absolute Gasteiger partial charge is 0.236 e. The van der Waals surface area contributed by atoms with E-state index in [0.29, 0.717) is 0 Å². The Morgan fingerprint density at radius 3 is 2.20 bits per heavy atom. The van der Waals surface area contributed by atoms with Crippen molar-refractivity contribution < 1.29 is 4.79 Å². The number of carbonyl (C=O) groups excluding carboxylic acids is 1. The van der Waals surface area contributed by atoms with Gasteiger partial charge in [0.2, 0.25) is 6.08 Å². The first-order valence-corrected chi connectivity index (χ1v) is 4.64. The predicted octanol–water partition coefficient (Wildman–Crippen LogP) is 2.51. The van der Waals surface area contributed by atoms with Crippen molar-refractivity contribution in [1.29, 1.82) is 5.26 Å². The van der Waals surface area contributed by atoms with E-state index in [0.717, 1.165) is 22.3 Å². The van der Waals surface area contributed by atoms with Crippen LogP contribution in [0.5, 0.6) is 0 Å². The van der Waals surface area contributed by atoms with Crippen LogP contribution in [0.15, 0.2) is 17.1 Å². The van der Waals surface area contributed by atoms with Crippen molar-refractivity contribution in [2.24, 2.45) is 4.99 Å². The molecule has 0 amide bonds. The van der Waals surface area contributed by atoms with Crippen molar-refractivity contribution in [3.8, 4) is 6.07 Å². The number of aryl methyl sites for hydroxylation is 3. The Morgan fingerprint density at radius 2 is 1.80 bits per heavy atom. The van der Waals surface area contributed by atoms with Gasteiger partial charge in [0, 0.05) is 0 Å². The van der Waals surface area contributed by atoms with Crippen LogP contribution in [-0.4, -0.2) is 6.08 Å². The first kappa shape index (κ1) is 11.2. The third-order valence-electron chi connectivity index (χ3n) is 2.32. The van der Waals surface area contributed by atoms with E-state index in [1.165, 1.54) is 6.08 Å². The molecule has 0 aliphatic rings. The zero-order valence-corrected chi connectivity index (χ0v) is 9.03. The minimum Gasteiger partial charge on any atom is -0.211 e. The van der Waals surface area contributed by atoms with Crippen molar-refractivity contribution in [3.05, 3.63) is 34.4 Å². The van der Waals surface area contributed by atoms with Gasteiger partial charge in [-0.05, 0) is 37.5 Å². The molecule has 1 aromatic carbocycles. The van der Waals surface area contributed by atoms with Crippen LogP contribution in [0.4, 0.5) is 0 Å². The molecule has 15 heavy (non-hydrogen) atoms. The lowest BCUT2D eigenvalue weighted by atomic mass is 9.95. The fraction of sp³-hybridized carbons (Fsp3) is 0.333. The maximum atomic E-state index is 10.2. The number of hydrogen-bond donors (Lipinski definition) is 0. The molecule has 0 heterocycles. The minimum atomic E-state index is -0.733. The fourth-order valence-electron chi connectivity index (χ4n) is 1.83. The number of rotatable bonds is 2. The monoisotopic (exact) mass is 200 g/mol. The number of benzene rings is 1. The van der Waals surface area contributed by atoms with Gasteiger partial charge in [0.05, 0.1) is 6.07 Å². The van der Waals surface area contributed by atoms with Gasteiger partial charge in [-0.2, -0.15) is 10.3 Å². The Kier molecular flexibility index (Phi) is 3.38. The molecule has 0 radical (unpaired) electrons. The Balaban J connectivity index is 3.36. The van der Waals surface area contributed by atoms with Gasteiger partial charge >= 0.3 is 0 Å². The van der Waals surface area contributed by atoms with Crippen LogP contribution >= 0.6 is 0 Å². The Labute approximate surface area is 89.1 Å². The van der Waals surface area contributed by atoms with Gasteiger partial charge in [0.1, 0.15) is 0 Å². The van der Waals surface area contributed by atoms with Crippen LogP contribution in [0.25, 0.3) is 0 Å². The van der Waals surface area contributed by atoms with E-state index in [1.54, 1.807) is 0 Å². The van der Waals surface area contributed by atoms with E-state index in [4.69, 9.17) is 5.26 Å². The van der Waals surface area contributed by atoms with Gasteiger partial charge in [-0.3, -0.25) is 0 Å². The van der Waals surface area contributed by atoms with Crippen molar-refractivity contribution >= 4 is 6.08 Å². The first-order valence-electron chi connectivity index (χ1n) is 4.64. The van der Waals surface area contributed by atoms with Crippen molar-refractivity contribution in [2.75, 3.05) is 0 Å². The lowest BCUT2D eigenvalue weighted by molar-refractivity contribution is 0.561. The average Bonchev–Trinajstić information content (AvgIpc) is 2.14. The summed E-state index contributed by atoms with van der Waals surface area (Å²) in [7, 11) is 0. The highest BCUT2D eigenvalue weighted by atomic mass is 16.1. The molecule has 0 fully saturated rings. The van der Waals surface area contributed by atoms with Crippen molar-refractivity contribution in [1.82, 2.24) is 0 Å².